The quantitative estimate of drug-likeness (QED) is 0.477. The number of anilines is 1. The minimum atomic E-state index is 0.0879. The number of hydrogen-bond donors (Lipinski definition) is 0. The molecule has 2 aliphatic rings. The predicted octanol–water partition coefficient (Wildman–Crippen LogP) is 2.66. The first kappa shape index (κ1) is 24.7. The number of piperidine rings is 1. The number of likely N-dealkylation sites (tertiary alicyclic amines) is 1. The van der Waals surface area contributed by atoms with Crippen molar-refractivity contribution in [2.24, 2.45) is 0 Å². The lowest BCUT2D eigenvalue weighted by atomic mass is 9.99. The highest BCUT2D eigenvalue weighted by Crippen LogP contribution is 2.31. The molecule has 8 heteroatoms. The Balaban J connectivity index is 1.19. The monoisotopic (exact) mass is 488 g/mol. The summed E-state index contributed by atoms with van der Waals surface area (Å²) in [4.78, 5) is 20.0. The molecule has 1 fully saturated rings. The second kappa shape index (κ2) is 10.6. The highest BCUT2D eigenvalue weighted by molar-refractivity contribution is 6.04. The Morgan fingerprint density at radius 1 is 0.972 bits per heavy atom. The fourth-order valence-electron chi connectivity index (χ4n) is 5.47. The highest BCUT2D eigenvalue weighted by atomic mass is 16.6. The van der Waals surface area contributed by atoms with E-state index in [-0.39, 0.29) is 5.56 Å². The largest absolute Gasteiger partial charge is 0.486 e. The van der Waals surface area contributed by atoms with Crippen molar-refractivity contribution in [3.05, 3.63) is 63.9 Å². The number of pyridine rings is 1. The fraction of sp³-hybridized carbons (Fsp3) is 0.464. The normalized spacial score (nSPS) is 16.6. The summed E-state index contributed by atoms with van der Waals surface area (Å²) in [6.07, 6.45) is 2.27. The van der Waals surface area contributed by atoms with E-state index in [1.165, 1.54) is 5.56 Å². The summed E-state index contributed by atoms with van der Waals surface area (Å²) in [5.41, 5.74) is 4.53. The molecule has 2 aromatic carbocycles. The van der Waals surface area contributed by atoms with E-state index in [9.17, 15) is 4.79 Å². The van der Waals surface area contributed by atoms with Crippen LogP contribution in [0, 0.1) is 6.92 Å². The van der Waals surface area contributed by atoms with E-state index in [2.05, 4.69) is 52.9 Å². The topological polar surface area (TPSA) is 50.2 Å². The molecule has 0 N–H and O–H groups in total. The molecule has 36 heavy (non-hydrogen) atoms. The smallest absolute Gasteiger partial charge is 0.251 e. The number of fused-ring (bicyclic) bond motifs is 2. The number of ether oxygens (including phenoxy) is 2. The second-order valence-corrected chi connectivity index (χ2v) is 10.4. The summed E-state index contributed by atoms with van der Waals surface area (Å²) in [6, 6.07) is 15.0. The Labute approximate surface area is 214 Å². The Bertz CT molecular complexity index is 1280. The van der Waals surface area contributed by atoms with E-state index in [1.54, 1.807) is 6.07 Å². The number of nitrogens with zero attached hydrogens (tertiary/aromatic N) is 4. The third-order valence-electron chi connectivity index (χ3n) is 7.68. The van der Waals surface area contributed by atoms with Crippen LogP contribution in [0.3, 0.4) is 0 Å². The van der Waals surface area contributed by atoms with Gasteiger partial charge in [-0.25, -0.2) is 0 Å². The molecule has 0 spiro atoms. The van der Waals surface area contributed by atoms with Gasteiger partial charge in [0.05, 0.1) is 5.52 Å². The maximum Gasteiger partial charge on any atom is 0.251 e. The van der Waals surface area contributed by atoms with Gasteiger partial charge in [-0.1, -0.05) is 12.1 Å². The van der Waals surface area contributed by atoms with Crippen molar-refractivity contribution in [1.29, 1.82) is 0 Å². The van der Waals surface area contributed by atoms with Crippen molar-refractivity contribution in [1.82, 2.24) is 14.3 Å². The molecular weight excluding hydrogens is 451 g/mol. The first-order valence-electron chi connectivity index (χ1n) is 13.0. The maximum absolute atomic E-state index is 12.9. The molecule has 3 heterocycles. The molecule has 0 radical (unpaired) electrons. The first-order valence-corrected chi connectivity index (χ1v) is 13.0. The SMILES string of the molecule is BN(Cc1ccc2c(c1)OCCO2)C1CCN(CCn2c(=O)cc(C)c3ccc(N(C)C)cc32)CC1. The van der Waals surface area contributed by atoms with E-state index < -0.39 is 0 Å². The summed E-state index contributed by atoms with van der Waals surface area (Å²) in [5, 5.41) is 1.15. The van der Waals surface area contributed by atoms with Gasteiger partial charge in [-0.05, 0) is 68.2 Å². The van der Waals surface area contributed by atoms with Crippen LogP contribution >= 0.6 is 0 Å². The van der Waals surface area contributed by atoms with Gasteiger partial charge in [0.25, 0.3) is 5.56 Å². The summed E-state index contributed by atoms with van der Waals surface area (Å²) in [7, 11) is 6.29. The lowest BCUT2D eigenvalue weighted by Gasteiger charge is -2.37. The van der Waals surface area contributed by atoms with Gasteiger partial charge in [0.2, 0.25) is 0 Å². The molecule has 0 atom stereocenters. The molecule has 2 aliphatic heterocycles. The van der Waals surface area contributed by atoms with Gasteiger partial charge in [0.1, 0.15) is 13.2 Å². The van der Waals surface area contributed by atoms with Crippen LogP contribution in [0.5, 0.6) is 11.5 Å². The van der Waals surface area contributed by atoms with Crippen LogP contribution in [0.1, 0.15) is 24.0 Å². The van der Waals surface area contributed by atoms with E-state index >= 15 is 0 Å². The van der Waals surface area contributed by atoms with Crippen LogP contribution < -0.4 is 19.9 Å². The van der Waals surface area contributed by atoms with Crippen LogP contribution in [-0.2, 0) is 13.1 Å². The molecule has 0 amide bonds. The molecule has 1 aromatic heterocycles. The van der Waals surface area contributed by atoms with Crippen molar-refractivity contribution in [3.8, 4) is 11.5 Å². The van der Waals surface area contributed by atoms with Crippen molar-refractivity contribution in [2.75, 3.05) is 51.8 Å². The summed E-state index contributed by atoms with van der Waals surface area (Å²) in [6.45, 7) is 7.88. The Morgan fingerprint density at radius 3 is 2.47 bits per heavy atom. The standard InChI is InChI=1S/C28H37BN4O3/c1-20-16-28(34)32(25-18-23(30(2)3)5-6-24(20)25)13-12-31-10-8-22(9-11-31)33(29)19-21-4-7-26-27(17-21)36-15-14-35-26/h4-7,16-18,22H,8-15,19,29H2,1-3H3. The average Bonchev–Trinajstić information content (AvgIpc) is 2.88. The minimum Gasteiger partial charge on any atom is -0.486 e. The Hall–Kier alpha value is -2.97. The number of hydrogen-bond acceptors (Lipinski definition) is 6. The van der Waals surface area contributed by atoms with E-state index in [4.69, 9.17) is 9.47 Å². The van der Waals surface area contributed by atoms with Gasteiger partial charge in [0, 0.05) is 56.9 Å². The van der Waals surface area contributed by atoms with Crippen LogP contribution in [0.15, 0.2) is 47.3 Å². The van der Waals surface area contributed by atoms with Crippen molar-refractivity contribution in [2.45, 2.75) is 38.9 Å². The van der Waals surface area contributed by atoms with E-state index in [0.29, 0.717) is 25.8 Å². The molecular formula is C28H37BN4O3. The zero-order valence-corrected chi connectivity index (χ0v) is 22.0. The Kier molecular flexibility index (Phi) is 7.26. The molecule has 3 aromatic rings. The molecule has 5 rings (SSSR count). The Morgan fingerprint density at radius 2 is 1.72 bits per heavy atom. The van der Waals surface area contributed by atoms with Crippen LogP contribution in [0.4, 0.5) is 5.69 Å². The second-order valence-electron chi connectivity index (χ2n) is 10.4. The van der Waals surface area contributed by atoms with Crippen LogP contribution in [-0.4, -0.2) is 75.2 Å². The van der Waals surface area contributed by atoms with Crippen molar-refractivity contribution < 1.29 is 9.47 Å². The fourth-order valence-corrected chi connectivity index (χ4v) is 5.47. The molecule has 0 saturated carbocycles. The predicted molar refractivity (Wildman–Crippen MR) is 148 cm³/mol. The maximum atomic E-state index is 12.9. The number of aryl methyl sites for hydroxylation is 1. The van der Waals surface area contributed by atoms with Crippen LogP contribution in [0.2, 0.25) is 0 Å². The van der Waals surface area contributed by atoms with Crippen molar-refractivity contribution >= 4 is 24.6 Å². The zero-order chi connectivity index (χ0) is 25.2. The van der Waals surface area contributed by atoms with Gasteiger partial charge >= 0.3 is 0 Å². The summed E-state index contributed by atoms with van der Waals surface area (Å²) >= 11 is 0. The average molecular weight is 488 g/mol. The molecule has 0 bridgehead atoms. The van der Waals surface area contributed by atoms with Gasteiger partial charge in [0.15, 0.2) is 19.5 Å². The van der Waals surface area contributed by atoms with E-state index in [1.807, 2.05) is 31.7 Å². The number of benzene rings is 2. The molecule has 7 nitrogen and oxygen atoms in total. The zero-order valence-electron chi connectivity index (χ0n) is 22.0. The minimum absolute atomic E-state index is 0.0879. The van der Waals surface area contributed by atoms with Gasteiger partial charge in [-0.3, -0.25) is 4.79 Å². The third-order valence-corrected chi connectivity index (χ3v) is 7.68. The highest BCUT2D eigenvalue weighted by Gasteiger charge is 2.23. The van der Waals surface area contributed by atoms with Gasteiger partial charge in [-0.2, -0.15) is 0 Å². The molecule has 190 valence electrons. The molecule has 1 saturated heterocycles. The van der Waals surface area contributed by atoms with Crippen LogP contribution in [0.25, 0.3) is 10.9 Å². The van der Waals surface area contributed by atoms with Crippen molar-refractivity contribution in [3.63, 3.8) is 0 Å². The van der Waals surface area contributed by atoms with E-state index in [0.717, 1.165) is 72.7 Å². The summed E-state index contributed by atoms with van der Waals surface area (Å²) < 4.78 is 13.4. The number of rotatable bonds is 7. The third kappa shape index (κ3) is 5.25. The first-order chi connectivity index (χ1) is 17.4. The van der Waals surface area contributed by atoms with Gasteiger partial charge < -0.3 is 28.7 Å². The molecule has 0 unspecified atom stereocenters. The molecule has 0 aliphatic carbocycles. The lowest BCUT2D eigenvalue weighted by molar-refractivity contribution is 0.153. The van der Waals surface area contributed by atoms with Gasteiger partial charge in [-0.15, -0.1) is 0 Å². The number of aromatic nitrogens is 1. The lowest BCUT2D eigenvalue weighted by Crippen LogP contribution is -2.44. The summed E-state index contributed by atoms with van der Waals surface area (Å²) in [5.74, 6) is 1.71.